The summed E-state index contributed by atoms with van der Waals surface area (Å²) in [6.07, 6.45) is 6.00. The van der Waals surface area contributed by atoms with E-state index in [4.69, 9.17) is 0 Å². The van der Waals surface area contributed by atoms with Crippen LogP contribution in [0.2, 0.25) is 0 Å². The highest BCUT2D eigenvalue weighted by molar-refractivity contribution is 5.99. The SMILES string of the molecule is CC(=O)c1cc(N2CCCCCCC2)ccc1[N+](=O)[O-]. The molecule has 0 amide bonds. The van der Waals surface area contributed by atoms with Gasteiger partial charge in [0.2, 0.25) is 0 Å². The molecule has 1 saturated heterocycles. The lowest BCUT2D eigenvalue weighted by Gasteiger charge is -2.27. The average molecular weight is 276 g/mol. The summed E-state index contributed by atoms with van der Waals surface area (Å²) in [5.41, 5.74) is 1.02. The van der Waals surface area contributed by atoms with Crippen molar-refractivity contribution in [1.29, 1.82) is 0 Å². The number of nitro groups is 1. The molecule has 1 heterocycles. The van der Waals surface area contributed by atoms with E-state index >= 15 is 0 Å². The van der Waals surface area contributed by atoms with Gasteiger partial charge in [0, 0.05) is 24.8 Å². The molecule has 0 saturated carbocycles. The third-order valence-electron chi connectivity index (χ3n) is 3.78. The highest BCUT2D eigenvalue weighted by Gasteiger charge is 2.19. The minimum Gasteiger partial charge on any atom is -0.372 e. The van der Waals surface area contributed by atoms with Crippen molar-refractivity contribution in [3.05, 3.63) is 33.9 Å². The van der Waals surface area contributed by atoms with Gasteiger partial charge in [-0.05, 0) is 31.9 Å². The van der Waals surface area contributed by atoms with Crippen molar-refractivity contribution in [3.8, 4) is 0 Å². The van der Waals surface area contributed by atoms with E-state index in [2.05, 4.69) is 4.90 Å². The lowest BCUT2D eigenvalue weighted by atomic mass is 10.1. The van der Waals surface area contributed by atoms with Gasteiger partial charge in [0.25, 0.3) is 5.69 Å². The van der Waals surface area contributed by atoms with Crippen LogP contribution in [-0.2, 0) is 0 Å². The molecule has 0 spiro atoms. The van der Waals surface area contributed by atoms with Crippen molar-refractivity contribution >= 4 is 17.2 Å². The molecule has 1 aromatic carbocycles. The Morgan fingerprint density at radius 3 is 2.30 bits per heavy atom. The fourth-order valence-electron chi connectivity index (χ4n) is 2.67. The maximum Gasteiger partial charge on any atom is 0.280 e. The molecule has 5 heteroatoms. The van der Waals surface area contributed by atoms with Crippen LogP contribution in [-0.4, -0.2) is 23.8 Å². The number of carbonyl (C=O) groups excluding carboxylic acids is 1. The van der Waals surface area contributed by atoms with Gasteiger partial charge in [0.1, 0.15) is 0 Å². The van der Waals surface area contributed by atoms with Crippen LogP contribution in [0.5, 0.6) is 0 Å². The Labute approximate surface area is 118 Å². The first kappa shape index (κ1) is 14.5. The van der Waals surface area contributed by atoms with Crippen molar-refractivity contribution in [1.82, 2.24) is 0 Å². The zero-order valence-corrected chi connectivity index (χ0v) is 11.8. The van der Waals surface area contributed by atoms with Crippen LogP contribution in [0.4, 0.5) is 11.4 Å². The topological polar surface area (TPSA) is 63.5 Å². The minimum atomic E-state index is -0.492. The van der Waals surface area contributed by atoms with Gasteiger partial charge in [-0.25, -0.2) is 0 Å². The summed E-state index contributed by atoms with van der Waals surface area (Å²) in [6, 6.07) is 4.87. The highest BCUT2D eigenvalue weighted by Crippen LogP contribution is 2.27. The third-order valence-corrected chi connectivity index (χ3v) is 3.78. The molecule has 1 aliphatic heterocycles. The van der Waals surface area contributed by atoms with E-state index in [-0.39, 0.29) is 17.0 Å². The Balaban J connectivity index is 2.29. The van der Waals surface area contributed by atoms with Crippen molar-refractivity contribution in [2.45, 2.75) is 39.0 Å². The molecule has 0 unspecified atom stereocenters. The van der Waals surface area contributed by atoms with Crippen LogP contribution in [0.15, 0.2) is 18.2 Å². The van der Waals surface area contributed by atoms with Crippen LogP contribution in [0.3, 0.4) is 0 Å². The molecule has 0 atom stereocenters. The number of benzene rings is 1. The standard InChI is InChI=1S/C15H20N2O3/c1-12(18)14-11-13(7-8-15(14)17(19)20)16-9-5-3-2-4-6-10-16/h7-8,11H,2-6,9-10H2,1H3. The van der Waals surface area contributed by atoms with Crippen molar-refractivity contribution in [3.63, 3.8) is 0 Å². The molecule has 0 aromatic heterocycles. The Kier molecular flexibility index (Phi) is 4.71. The van der Waals surface area contributed by atoms with Gasteiger partial charge >= 0.3 is 0 Å². The van der Waals surface area contributed by atoms with Crippen molar-refractivity contribution in [2.24, 2.45) is 0 Å². The zero-order chi connectivity index (χ0) is 14.5. The van der Waals surface area contributed by atoms with Gasteiger partial charge in [-0.1, -0.05) is 19.3 Å². The van der Waals surface area contributed by atoms with E-state index < -0.39 is 4.92 Å². The molecule has 0 N–H and O–H groups in total. The summed E-state index contributed by atoms with van der Waals surface area (Å²) in [7, 11) is 0. The summed E-state index contributed by atoms with van der Waals surface area (Å²) < 4.78 is 0. The second-order valence-corrected chi connectivity index (χ2v) is 5.27. The second-order valence-electron chi connectivity index (χ2n) is 5.27. The number of nitro benzene ring substituents is 1. The van der Waals surface area contributed by atoms with Crippen LogP contribution in [0.25, 0.3) is 0 Å². The number of carbonyl (C=O) groups is 1. The van der Waals surface area contributed by atoms with Gasteiger partial charge in [-0.15, -0.1) is 0 Å². The quantitative estimate of drug-likeness (QED) is 0.481. The molecule has 5 nitrogen and oxygen atoms in total. The van der Waals surface area contributed by atoms with Crippen LogP contribution in [0, 0.1) is 10.1 Å². The van der Waals surface area contributed by atoms with Crippen LogP contribution in [0.1, 0.15) is 49.4 Å². The monoisotopic (exact) mass is 276 g/mol. The number of hydrogen-bond donors (Lipinski definition) is 0. The van der Waals surface area contributed by atoms with E-state index in [1.807, 2.05) is 0 Å². The van der Waals surface area contributed by atoms with E-state index in [0.717, 1.165) is 31.6 Å². The molecule has 2 rings (SSSR count). The first-order chi connectivity index (χ1) is 9.59. The first-order valence-electron chi connectivity index (χ1n) is 7.14. The molecular formula is C15H20N2O3. The smallest absolute Gasteiger partial charge is 0.280 e. The molecular weight excluding hydrogens is 256 g/mol. The minimum absolute atomic E-state index is 0.103. The van der Waals surface area contributed by atoms with E-state index in [1.54, 1.807) is 12.1 Å². The molecule has 1 fully saturated rings. The van der Waals surface area contributed by atoms with E-state index in [0.29, 0.717) is 0 Å². The summed E-state index contributed by atoms with van der Waals surface area (Å²) in [4.78, 5) is 24.3. The highest BCUT2D eigenvalue weighted by atomic mass is 16.6. The largest absolute Gasteiger partial charge is 0.372 e. The van der Waals surface area contributed by atoms with Crippen molar-refractivity contribution < 1.29 is 9.72 Å². The number of Topliss-reactive ketones (excluding diaryl/α,β-unsaturated/α-hetero) is 1. The number of nitrogens with zero attached hydrogens (tertiary/aromatic N) is 2. The Morgan fingerprint density at radius 2 is 1.75 bits per heavy atom. The molecule has 108 valence electrons. The molecule has 1 aliphatic rings. The van der Waals surface area contributed by atoms with Gasteiger partial charge < -0.3 is 4.90 Å². The predicted molar refractivity (Wildman–Crippen MR) is 78.4 cm³/mol. The fourth-order valence-corrected chi connectivity index (χ4v) is 2.67. The number of rotatable bonds is 3. The van der Waals surface area contributed by atoms with Crippen molar-refractivity contribution in [2.75, 3.05) is 18.0 Å². The number of hydrogen-bond acceptors (Lipinski definition) is 4. The number of anilines is 1. The van der Waals surface area contributed by atoms with Crippen LogP contribution >= 0.6 is 0 Å². The molecule has 20 heavy (non-hydrogen) atoms. The Hall–Kier alpha value is -1.91. The molecule has 1 aromatic rings. The summed E-state index contributed by atoms with van der Waals surface area (Å²) in [6.45, 7) is 3.28. The maximum atomic E-state index is 11.6. The van der Waals surface area contributed by atoms with Gasteiger partial charge in [0.15, 0.2) is 5.78 Å². The summed E-state index contributed by atoms with van der Waals surface area (Å²) in [5.74, 6) is -0.259. The maximum absolute atomic E-state index is 11.6. The van der Waals surface area contributed by atoms with Gasteiger partial charge in [-0.3, -0.25) is 14.9 Å². The zero-order valence-electron chi connectivity index (χ0n) is 11.8. The fraction of sp³-hybridized carbons (Fsp3) is 0.533. The van der Waals surface area contributed by atoms with E-state index in [1.165, 1.54) is 32.3 Å². The van der Waals surface area contributed by atoms with E-state index in [9.17, 15) is 14.9 Å². The predicted octanol–water partition coefficient (Wildman–Crippen LogP) is 3.57. The first-order valence-corrected chi connectivity index (χ1v) is 7.14. The van der Waals surface area contributed by atoms with Gasteiger partial charge in [-0.2, -0.15) is 0 Å². The lowest BCUT2D eigenvalue weighted by Crippen LogP contribution is -2.27. The third kappa shape index (κ3) is 3.35. The molecule has 0 radical (unpaired) electrons. The molecule has 0 bridgehead atoms. The van der Waals surface area contributed by atoms with Gasteiger partial charge in [0.05, 0.1) is 10.5 Å². The Bertz CT molecular complexity index is 506. The molecule has 0 aliphatic carbocycles. The second kappa shape index (κ2) is 6.50. The number of ketones is 1. The lowest BCUT2D eigenvalue weighted by molar-refractivity contribution is -0.385. The summed E-state index contributed by atoms with van der Waals surface area (Å²) in [5, 5.41) is 11.0. The summed E-state index contributed by atoms with van der Waals surface area (Å²) >= 11 is 0. The Morgan fingerprint density at radius 1 is 1.15 bits per heavy atom. The average Bonchev–Trinajstić information content (AvgIpc) is 2.37. The normalized spacial score (nSPS) is 16.4. The van der Waals surface area contributed by atoms with Crippen LogP contribution < -0.4 is 4.90 Å².